The predicted molar refractivity (Wildman–Crippen MR) is 59.9 cm³/mol. The summed E-state index contributed by atoms with van der Waals surface area (Å²) < 4.78 is 0. The molecule has 5 heteroatoms. The van der Waals surface area contributed by atoms with Gasteiger partial charge in [0, 0.05) is 18.7 Å². The molecule has 0 heterocycles. The molecule has 1 amide bonds. The molecule has 86 valence electrons. The fourth-order valence-electron chi connectivity index (χ4n) is 1.25. The number of amides is 1. The Morgan fingerprint density at radius 1 is 1.40 bits per heavy atom. The molecule has 0 unspecified atom stereocenters. The van der Waals surface area contributed by atoms with Crippen LogP contribution in [0.4, 0.5) is 0 Å². The van der Waals surface area contributed by atoms with Gasteiger partial charge in [0.05, 0.1) is 5.75 Å². The molecule has 1 fully saturated rings. The van der Waals surface area contributed by atoms with Crippen LogP contribution in [-0.4, -0.2) is 35.0 Å². The highest BCUT2D eigenvalue weighted by atomic mass is 32.2. The van der Waals surface area contributed by atoms with E-state index in [1.165, 1.54) is 24.6 Å². The number of aliphatic carboxylic acids is 1. The van der Waals surface area contributed by atoms with Crippen LogP contribution in [0.5, 0.6) is 0 Å². The van der Waals surface area contributed by atoms with E-state index < -0.39 is 5.97 Å². The van der Waals surface area contributed by atoms with Crippen molar-refractivity contribution in [2.24, 2.45) is 5.92 Å². The van der Waals surface area contributed by atoms with Gasteiger partial charge in [-0.1, -0.05) is 12.8 Å². The Morgan fingerprint density at radius 2 is 2.13 bits per heavy atom. The lowest BCUT2D eigenvalue weighted by Crippen LogP contribution is -2.25. The second-order valence-corrected chi connectivity index (χ2v) is 4.88. The summed E-state index contributed by atoms with van der Waals surface area (Å²) in [5.41, 5.74) is 0. The molecule has 15 heavy (non-hydrogen) atoms. The molecular formula is C10H17NO3S. The molecule has 4 nitrogen and oxygen atoms in total. The number of thioether (sulfide) groups is 1. The van der Waals surface area contributed by atoms with Gasteiger partial charge in [-0.2, -0.15) is 0 Å². The quantitative estimate of drug-likeness (QED) is 0.614. The molecule has 0 bridgehead atoms. The topological polar surface area (TPSA) is 66.4 Å². The monoisotopic (exact) mass is 231 g/mol. The molecule has 1 saturated carbocycles. The van der Waals surface area contributed by atoms with Crippen molar-refractivity contribution >= 4 is 23.6 Å². The maximum atomic E-state index is 11.2. The Hall–Kier alpha value is -0.710. The fourth-order valence-corrected chi connectivity index (χ4v) is 1.82. The lowest BCUT2D eigenvalue weighted by Gasteiger charge is -2.03. The third kappa shape index (κ3) is 7.25. The summed E-state index contributed by atoms with van der Waals surface area (Å²) in [6.45, 7) is 0.571. The highest BCUT2D eigenvalue weighted by Gasteiger charge is 2.21. The molecular weight excluding hydrogens is 214 g/mol. The van der Waals surface area contributed by atoms with Crippen LogP contribution in [0, 0.1) is 5.92 Å². The summed E-state index contributed by atoms with van der Waals surface area (Å²) in [4.78, 5) is 21.4. The Labute approximate surface area is 93.8 Å². The van der Waals surface area contributed by atoms with E-state index in [-0.39, 0.29) is 11.7 Å². The zero-order valence-electron chi connectivity index (χ0n) is 8.70. The lowest BCUT2D eigenvalue weighted by molar-refractivity contribution is -0.133. The minimum Gasteiger partial charge on any atom is -0.481 e. The Morgan fingerprint density at radius 3 is 2.73 bits per heavy atom. The maximum Gasteiger partial charge on any atom is 0.313 e. The van der Waals surface area contributed by atoms with Crippen LogP contribution in [0.3, 0.4) is 0 Å². The van der Waals surface area contributed by atoms with Crippen molar-refractivity contribution in [3.8, 4) is 0 Å². The first-order valence-electron chi connectivity index (χ1n) is 5.24. The van der Waals surface area contributed by atoms with Crippen LogP contribution in [0.1, 0.15) is 25.7 Å². The van der Waals surface area contributed by atoms with Crippen molar-refractivity contribution in [3.05, 3.63) is 0 Å². The number of carboxylic acid groups (broad SMARTS) is 1. The third-order valence-corrected chi connectivity index (χ3v) is 3.21. The van der Waals surface area contributed by atoms with Crippen molar-refractivity contribution in [2.45, 2.75) is 25.7 Å². The van der Waals surface area contributed by atoms with E-state index in [1.807, 2.05) is 0 Å². The first-order chi connectivity index (χ1) is 7.18. The van der Waals surface area contributed by atoms with E-state index >= 15 is 0 Å². The summed E-state index contributed by atoms with van der Waals surface area (Å²) in [7, 11) is 0. The van der Waals surface area contributed by atoms with Crippen LogP contribution >= 0.6 is 11.8 Å². The number of carbonyl (C=O) groups excluding carboxylic acids is 1. The Kier molecular flexibility index (Phi) is 5.53. The smallest absolute Gasteiger partial charge is 0.313 e. The third-order valence-electron chi connectivity index (χ3n) is 2.27. The zero-order chi connectivity index (χ0) is 11.1. The van der Waals surface area contributed by atoms with Crippen molar-refractivity contribution in [1.82, 2.24) is 5.32 Å². The molecule has 0 aliphatic heterocycles. The van der Waals surface area contributed by atoms with Gasteiger partial charge < -0.3 is 10.4 Å². The molecule has 0 atom stereocenters. The number of hydrogen-bond acceptors (Lipinski definition) is 3. The number of hydrogen-bond donors (Lipinski definition) is 2. The molecule has 0 saturated heterocycles. The number of nitrogens with one attached hydrogen (secondary N) is 1. The first kappa shape index (κ1) is 12.4. The molecule has 0 aromatic heterocycles. The van der Waals surface area contributed by atoms with Crippen LogP contribution < -0.4 is 5.32 Å². The summed E-state index contributed by atoms with van der Waals surface area (Å²) in [5, 5.41) is 11.2. The molecule has 1 aliphatic carbocycles. The van der Waals surface area contributed by atoms with Crippen LogP contribution in [0.15, 0.2) is 0 Å². The molecule has 1 aliphatic rings. The molecule has 1 rings (SSSR count). The SMILES string of the molecule is O=C(O)CSCCNC(=O)CCC1CC1. The average Bonchev–Trinajstić information content (AvgIpc) is 2.97. The van der Waals surface area contributed by atoms with Gasteiger partial charge in [0.2, 0.25) is 5.91 Å². The molecule has 0 radical (unpaired) electrons. The standard InChI is InChI=1S/C10H17NO3S/c12-9(4-3-8-1-2-8)11-5-6-15-7-10(13)14/h8H,1-7H2,(H,11,12)(H,13,14). The van der Waals surface area contributed by atoms with E-state index in [0.29, 0.717) is 18.7 Å². The summed E-state index contributed by atoms with van der Waals surface area (Å²) in [6.07, 6.45) is 4.19. The van der Waals surface area contributed by atoms with Gasteiger partial charge in [-0.05, 0) is 12.3 Å². The van der Waals surface area contributed by atoms with E-state index in [9.17, 15) is 9.59 Å². The lowest BCUT2D eigenvalue weighted by atomic mass is 10.2. The maximum absolute atomic E-state index is 11.2. The number of carboxylic acids is 1. The van der Waals surface area contributed by atoms with E-state index in [0.717, 1.165) is 12.3 Å². The fraction of sp³-hybridized carbons (Fsp3) is 0.800. The van der Waals surface area contributed by atoms with Gasteiger partial charge in [0.25, 0.3) is 0 Å². The van der Waals surface area contributed by atoms with Crippen molar-refractivity contribution in [3.63, 3.8) is 0 Å². The van der Waals surface area contributed by atoms with Crippen molar-refractivity contribution in [1.29, 1.82) is 0 Å². The normalized spacial score (nSPS) is 14.9. The van der Waals surface area contributed by atoms with Gasteiger partial charge in [0.1, 0.15) is 0 Å². The number of rotatable bonds is 8. The second-order valence-electron chi connectivity index (χ2n) is 3.78. The summed E-state index contributed by atoms with van der Waals surface area (Å²) in [6, 6.07) is 0. The van der Waals surface area contributed by atoms with Gasteiger partial charge in [-0.3, -0.25) is 9.59 Å². The zero-order valence-corrected chi connectivity index (χ0v) is 9.52. The van der Waals surface area contributed by atoms with Crippen molar-refractivity contribution in [2.75, 3.05) is 18.1 Å². The first-order valence-corrected chi connectivity index (χ1v) is 6.40. The van der Waals surface area contributed by atoms with Crippen LogP contribution in [-0.2, 0) is 9.59 Å². The molecule has 2 N–H and O–H groups in total. The highest BCUT2D eigenvalue weighted by Crippen LogP contribution is 2.33. The van der Waals surface area contributed by atoms with Gasteiger partial charge in [-0.25, -0.2) is 0 Å². The highest BCUT2D eigenvalue weighted by molar-refractivity contribution is 7.99. The average molecular weight is 231 g/mol. The Bertz CT molecular complexity index is 229. The van der Waals surface area contributed by atoms with Gasteiger partial charge in [-0.15, -0.1) is 11.8 Å². The van der Waals surface area contributed by atoms with Crippen molar-refractivity contribution < 1.29 is 14.7 Å². The molecule has 0 spiro atoms. The minimum atomic E-state index is -0.806. The summed E-state index contributed by atoms with van der Waals surface area (Å²) >= 11 is 1.33. The van der Waals surface area contributed by atoms with Gasteiger partial charge in [0.15, 0.2) is 0 Å². The van der Waals surface area contributed by atoms with E-state index in [4.69, 9.17) is 5.11 Å². The minimum absolute atomic E-state index is 0.0952. The predicted octanol–water partition coefficient (Wildman–Crippen LogP) is 1.11. The summed E-state index contributed by atoms with van der Waals surface area (Å²) in [5.74, 6) is 0.856. The van der Waals surface area contributed by atoms with Gasteiger partial charge >= 0.3 is 5.97 Å². The largest absolute Gasteiger partial charge is 0.481 e. The second kappa shape index (κ2) is 6.71. The molecule has 0 aromatic rings. The van der Waals surface area contributed by atoms with E-state index in [2.05, 4.69) is 5.32 Å². The van der Waals surface area contributed by atoms with Crippen LogP contribution in [0.2, 0.25) is 0 Å². The van der Waals surface area contributed by atoms with E-state index in [1.54, 1.807) is 0 Å². The molecule has 0 aromatic carbocycles. The Balaban J connectivity index is 1.85. The number of carbonyl (C=O) groups is 2. The van der Waals surface area contributed by atoms with Crippen LogP contribution in [0.25, 0.3) is 0 Å².